The van der Waals surface area contributed by atoms with Crippen molar-refractivity contribution in [2.75, 3.05) is 0 Å². The average molecular weight is 348 g/mol. The molecule has 0 unspecified atom stereocenters. The Kier molecular flexibility index (Phi) is 3.84. The van der Waals surface area contributed by atoms with Crippen LogP contribution in [0.4, 0.5) is 0 Å². The molecule has 4 rings (SSSR count). The third-order valence-electron chi connectivity index (χ3n) is 4.22. The quantitative estimate of drug-likeness (QED) is 0.467. The van der Waals surface area contributed by atoms with E-state index in [2.05, 4.69) is 0 Å². The Morgan fingerprint density at radius 3 is 2.77 bits per heavy atom. The van der Waals surface area contributed by atoms with Gasteiger partial charge in [0.2, 0.25) is 5.78 Å². The highest BCUT2D eigenvalue weighted by molar-refractivity contribution is 6.12. The zero-order valence-corrected chi connectivity index (χ0v) is 14.3. The number of benzene rings is 2. The largest absolute Gasteiger partial charge is 0.485 e. The molecule has 0 radical (unpaired) electrons. The smallest absolute Gasteiger partial charge is 0.308 e. The van der Waals surface area contributed by atoms with Crippen LogP contribution in [0.3, 0.4) is 0 Å². The maximum absolute atomic E-state index is 12.6. The zero-order chi connectivity index (χ0) is 18.3. The van der Waals surface area contributed by atoms with E-state index in [1.165, 1.54) is 6.92 Å². The lowest BCUT2D eigenvalue weighted by molar-refractivity contribution is -0.131. The van der Waals surface area contributed by atoms with E-state index >= 15 is 0 Å². The second kappa shape index (κ2) is 6.19. The van der Waals surface area contributed by atoms with Gasteiger partial charge in [0.05, 0.1) is 5.56 Å². The normalized spacial score (nSPS) is 19.2. The lowest BCUT2D eigenvalue weighted by atomic mass is 10.0. The van der Waals surface area contributed by atoms with Crippen molar-refractivity contribution in [1.29, 1.82) is 0 Å². The Morgan fingerprint density at radius 2 is 1.96 bits per heavy atom. The Balaban J connectivity index is 1.66. The predicted molar refractivity (Wildman–Crippen MR) is 95.3 cm³/mol. The fourth-order valence-corrected chi connectivity index (χ4v) is 2.97. The maximum Gasteiger partial charge on any atom is 0.308 e. The standard InChI is InChI=1S/C21H16O5/c1-12-15(9-14-5-3-4-6-18(14)24-12)10-20-21(23)17-8-7-16(25-13(2)22)11-19(17)26-20/h3-12H,1-2H3/b20-10-/t12-/m0/s1. The molecule has 0 aliphatic carbocycles. The molecular weight excluding hydrogens is 332 g/mol. The minimum Gasteiger partial charge on any atom is -0.485 e. The number of ether oxygens (including phenoxy) is 3. The van der Waals surface area contributed by atoms with Crippen molar-refractivity contribution in [3.8, 4) is 17.2 Å². The van der Waals surface area contributed by atoms with Crippen molar-refractivity contribution >= 4 is 17.8 Å². The molecule has 0 N–H and O–H groups in total. The van der Waals surface area contributed by atoms with E-state index in [9.17, 15) is 9.59 Å². The number of para-hydroxylation sites is 1. The number of esters is 1. The number of allylic oxidation sites excluding steroid dienone is 1. The van der Waals surface area contributed by atoms with Crippen LogP contribution in [0.2, 0.25) is 0 Å². The van der Waals surface area contributed by atoms with Crippen molar-refractivity contribution < 1.29 is 23.8 Å². The van der Waals surface area contributed by atoms with Gasteiger partial charge in [-0.15, -0.1) is 0 Å². The predicted octanol–water partition coefficient (Wildman–Crippen LogP) is 3.94. The lowest BCUT2D eigenvalue weighted by Crippen LogP contribution is -2.18. The number of Topliss-reactive ketones (excluding diaryl/α,β-unsaturated/α-hetero) is 1. The van der Waals surface area contributed by atoms with E-state index in [0.717, 1.165) is 16.9 Å². The molecule has 130 valence electrons. The molecule has 5 heteroatoms. The average Bonchev–Trinajstić information content (AvgIpc) is 2.90. The van der Waals surface area contributed by atoms with Crippen molar-refractivity contribution in [3.63, 3.8) is 0 Å². The number of hydrogen-bond donors (Lipinski definition) is 0. The molecule has 0 fully saturated rings. The van der Waals surface area contributed by atoms with Gasteiger partial charge in [-0.3, -0.25) is 9.59 Å². The van der Waals surface area contributed by atoms with Crippen LogP contribution >= 0.6 is 0 Å². The second-order valence-electron chi connectivity index (χ2n) is 6.13. The van der Waals surface area contributed by atoms with E-state index < -0.39 is 5.97 Å². The number of hydrogen-bond acceptors (Lipinski definition) is 5. The summed E-state index contributed by atoms with van der Waals surface area (Å²) in [6, 6.07) is 12.4. The number of ketones is 1. The van der Waals surface area contributed by atoms with Gasteiger partial charge in [0, 0.05) is 18.6 Å². The van der Waals surface area contributed by atoms with E-state index in [0.29, 0.717) is 17.1 Å². The van der Waals surface area contributed by atoms with Crippen LogP contribution < -0.4 is 14.2 Å². The molecule has 0 spiro atoms. The minimum absolute atomic E-state index is 0.200. The summed E-state index contributed by atoms with van der Waals surface area (Å²) in [5.41, 5.74) is 2.25. The van der Waals surface area contributed by atoms with Gasteiger partial charge in [-0.25, -0.2) is 0 Å². The van der Waals surface area contributed by atoms with Crippen molar-refractivity contribution in [2.45, 2.75) is 20.0 Å². The first-order valence-electron chi connectivity index (χ1n) is 8.25. The monoisotopic (exact) mass is 348 g/mol. The van der Waals surface area contributed by atoms with Gasteiger partial charge in [-0.1, -0.05) is 18.2 Å². The Hall–Kier alpha value is -3.34. The van der Waals surface area contributed by atoms with Gasteiger partial charge in [0.1, 0.15) is 23.4 Å². The van der Waals surface area contributed by atoms with Crippen LogP contribution in [0, 0.1) is 0 Å². The van der Waals surface area contributed by atoms with Crippen LogP contribution in [0.1, 0.15) is 29.8 Å². The molecule has 0 saturated heterocycles. The molecule has 2 aromatic rings. The Labute approximate surface area is 150 Å². The summed E-state index contributed by atoms with van der Waals surface area (Å²) in [5, 5.41) is 0. The van der Waals surface area contributed by atoms with Gasteiger partial charge in [0.15, 0.2) is 5.76 Å². The van der Waals surface area contributed by atoms with Gasteiger partial charge in [-0.2, -0.15) is 0 Å². The number of carbonyl (C=O) groups is 2. The highest BCUT2D eigenvalue weighted by Crippen LogP contribution is 2.36. The molecule has 26 heavy (non-hydrogen) atoms. The molecule has 5 nitrogen and oxygen atoms in total. The number of carbonyl (C=O) groups excluding carboxylic acids is 2. The molecule has 2 heterocycles. The highest BCUT2D eigenvalue weighted by Gasteiger charge is 2.29. The Morgan fingerprint density at radius 1 is 1.15 bits per heavy atom. The molecule has 1 atom stereocenters. The fourth-order valence-electron chi connectivity index (χ4n) is 2.97. The van der Waals surface area contributed by atoms with Crippen LogP contribution in [-0.4, -0.2) is 17.9 Å². The first kappa shape index (κ1) is 16.1. The van der Waals surface area contributed by atoms with Gasteiger partial charge in [0.25, 0.3) is 0 Å². The SMILES string of the molecule is CC(=O)Oc1ccc2c(c1)O/C(=C\C1=Cc3ccccc3O[C@H]1C)C2=O. The molecule has 0 saturated carbocycles. The second-order valence-corrected chi connectivity index (χ2v) is 6.13. The number of rotatable bonds is 2. The van der Waals surface area contributed by atoms with Crippen LogP contribution in [0.25, 0.3) is 6.08 Å². The summed E-state index contributed by atoms with van der Waals surface area (Å²) in [7, 11) is 0. The van der Waals surface area contributed by atoms with Crippen molar-refractivity contribution in [3.05, 3.63) is 71.0 Å². The van der Waals surface area contributed by atoms with Crippen LogP contribution in [-0.2, 0) is 4.79 Å². The van der Waals surface area contributed by atoms with E-state index in [1.54, 1.807) is 24.3 Å². The third kappa shape index (κ3) is 2.88. The van der Waals surface area contributed by atoms with E-state index in [4.69, 9.17) is 14.2 Å². The molecule has 2 aromatic carbocycles. The third-order valence-corrected chi connectivity index (χ3v) is 4.22. The molecule has 2 aliphatic heterocycles. The topological polar surface area (TPSA) is 61.8 Å². The maximum atomic E-state index is 12.6. The summed E-state index contributed by atoms with van der Waals surface area (Å²) in [6.45, 7) is 3.24. The minimum atomic E-state index is -0.429. The van der Waals surface area contributed by atoms with Gasteiger partial charge < -0.3 is 14.2 Å². The van der Waals surface area contributed by atoms with Crippen molar-refractivity contribution in [1.82, 2.24) is 0 Å². The first-order chi connectivity index (χ1) is 12.5. The highest BCUT2D eigenvalue weighted by atomic mass is 16.5. The zero-order valence-electron chi connectivity index (χ0n) is 14.3. The number of fused-ring (bicyclic) bond motifs is 2. The molecule has 0 aromatic heterocycles. The summed E-state index contributed by atoms with van der Waals surface area (Å²) in [6.07, 6.45) is 3.49. The molecular formula is C21H16O5. The summed E-state index contributed by atoms with van der Waals surface area (Å²) >= 11 is 0. The van der Waals surface area contributed by atoms with E-state index in [-0.39, 0.29) is 17.6 Å². The van der Waals surface area contributed by atoms with Crippen LogP contribution in [0.5, 0.6) is 17.2 Å². The van der Waals surface area contributed by atoms with E-state index in [1.807, 2.05) is 37.3 Å². The first-order valence-corrected chi connectivity index (χ1v) is 8.25. The van der Waals surface area contributed by atoms with Gasteiger partial charge >= 0.3 is 5.97 Å². The lowest BCUT2D eigenvalue weighted by Gasteiger charge is -2.22. The molecule has 0 bridgehead atoms. The van der Waals surface area contributed by atoms with Gasteiger partial charge in [-0.05, 0) is 42.8 Å². The fraction of sp³-hybridized carbons (Fsp3) is 0.143. The molecule has 0 amide bonds. The summed E-state index contributed by atoms with van der Waals surface area (Å²) in [5.74, 6) is 1.12. The Bertz CT molecular complexity index is 984. The molecule has 2 aliphatic rings. The summed E-state index contributed by atoms with van der Waals surface area (Å²) < 4.78 is 16.6. The summed E-state index contributed by atoms with van der Waals surface area (Å²) in [4.78, 5) is 23.7. The van der Waals surface area contributed by atoms with Crippen LogP contribution in [0.15, 0.2) is 59.9 Å². The van der Waals surface area contributed by atoms with Crippen molar-refractivity contribution in [2.24, 2.45) is 0 Å².